The zero-order chi connectivity index (χ0) is 13.7. The topological polar surface area (TPSA) is 73.6 Å². The molecular formula is C14H19N3O2. The maximum Gasteiger partial charge on any atom is 0.292 e. The highest BCUT2D eigenvalue weighted by molar-refractivity contribution is 5.75. The molecule has 102 valence electrons. The van der Waals surface area contributed by atoms with Gasteiger partial charge in [0.1, 0.15) is 5.52 Å². The second-order valence-electron chi connectivity index (χ2n) is 4.89. The van der Waals surface area contributed by atoms with E-state index in [9.17, 15) is 0 Å². The smallest absolute Gasteiger partial charge is 0.292 e. The third-order valence-corrected chi connectivity index (χ3v) is 2.72. The van der Waals surface area contributed by atoms with E-state index in [4.69, 9.17) is 15.0 Å². The lowest BCUT2D eigenvalue weighted by molar-refractivity contribution is 0.342. The first kappa shape index (κ1) is 13.4. The van der Waals surface area contributed by atoms with Crippen molar-refractivity contribution in [3.63, 3.8) is 0 Å². The molecule has 0 atom stereocenters. The average molecular weight is 261 g/mol. The van der Waals surface area contributed by atoms with Gasteiger partial charge in [0, 0.05) is 12.3 Å². The maximum atomic E-state index is 5.47. The van der Waals surface area contributed by atoms with Crippen molar-refractivity contribution in [3.05, 3.63) is 18.2 Å². The lowest BCUT2D eigenvalue weighted by atomic mass is 10.1. The fraction of sp³-hybridized carbons (Fsp3) is 0.429. The van der Waals surface area contributed by atoms with Crippen LogP contribution in [0.2, 0.25) is 0 Å². The molecule has 1 heterocycles. The third kappa shape index (κ3) is 3.98. The van der Waals surface area contributed by atoms with Gasteiger partial charge in [-0.05, 0) is 30.9 Å². The van der Waals surface area contributed by atoms with E-state index >= 15 is 0 Å². The largest absolute Gasteiger partial charge is 0.424 e. The molecule has 0 aliphatic rings. The van der Waals surface area contributed by atoms with Crippen molar-refractivity contribution in [1.82, 2.24) is 4.98 Å². The molecule has 2 aromatic rings. The summed E-state index contributed by atoms with van der Waals surface area (Å²) in [5.41, 5.74) is 6.79. The monoisotopic (exact) mass is 261 g/mol. The average Bonchev–Trinajstić information content (AvgIpc) is 2.72. The number of nitrogen functional groups attached to an aromatic ring is 1. The number of fused-ring (bicyclic) bond motifs is 1. The van der Waals surface area contributed by atoms with E-state index in [1.807, 2.05) is 0 Å². The number of aromatic nitrogens is 1. The first-order valence-corrected chi connectivity index (χ1v) is 6.50. The zero-order valence-corrected chi connectivity index (χ0v) is 11.3. The number of nitrogens with two attached hydrogens (primary N) is 1. The van der Waals surface area contributed by atoms with Crippen LogP contribution in [0, 0.1) is 5.92 Å². The van der Waals surface area contributed by atoms with E-state index in [2.05, 4.69) is 24.0 Å². The van der Waals surface area contributed by atoms with Crippen LogP contribution in [0.1, 0.15) is 33.1 Å². The Hall–Kier alpha value is -2.04. The van der Waals surface area contributed by atoms with E-state index in [-0.39, 0.29) is 6.01 Å². The summed E-state index contributed by atoms with van der Waals surface area (Å²) in [5, 5.41) is 3.94. The molecule has 0 bridgehead atoms. The molecule has 0 spiro atoms. The Kier molecular flexibility index (Phi) is 4.39. The van der Waals surface area contributed by atoms with Gasteiger partial charge in [-0.15, -0.1) is 0 Å². The van der Waals surface area contributed by atoms with Crippen LogP contribution in [0.25, 0.3) is 11.1 Å². The van der Waals surface area contributed by atoms with Gasteiger partial charge in [-0.2, -0.15) is 4.98 Å². The van der Waals surface area contributed by atoms with E-state index in [1.54, 1.807) is 24.4 Å². The standard InChI is InChI=1S/C14H19N3O2/c1-10(2)5-3-4-8-16-19-11-6-7-13-12(9-11)17-14(15)18-13/h6-10H,3-5H2,1-2H3,(H2,15,17). The molecule has 1 aromatic heterocycles. The lowest BCUT2D eigenvalue weighted by Gasteiger charge is -2.00. The van der Waals surface area contributed by atoms with Gasteiger partial charge < -0.3 is 15.0 Å². The van der Waals surface area contributed by atoms with Crippen molar-refractivity contribution in [2.75, 3.05) is 5.73 Å². The van der Waals surface area contributed by atoms with Gasteiger partial charge in [-0.25, -0.2) is 0 Å². The second kappa shape index (κ2) is 6.22. The highest BCUT2D eigenvalue weighted by Crippen LogP contribution is 2.22. The third-order valence-electron chi connectivity index (χ3n) is 2.72. The van der Waals surface area contributed by atoms with E-state index < -0.39 is 0 Å². The molecule has 5 nitrogen and oxygen atoms in total. The molecule has 0 aliphatic carbocycles. The van der Waals surface area contributed by atoms with Gasteiger partial charge in [-0.1, -0.05) is 25.4 Å². The van der Waals surface area contributed by atoms with Crippen LogP contribution in [0.3, 0.4) is 0 Å². The molecule has 0 radical (unpaired) electrons. The number of hydrogen-bond donors (Lipinski definition) is 1. The molecule has 0 amide bonds. The Labute approximate surface area is 112 Å². The highest BCUT2D eigenvalue weighted by Gasteiger charge is 2.03. The fourth-order valence-electron chi connectivity index (χ4n) is 1.75. The summed E-state index contributed by atoms with van der Waals surface area (Å²) < 4.78 is 5.18. The minimum Gasteiger partial charge on any atom is -0.424 e. The number of benzene rings is 1. The molecule has 1 aromatic carbocycles. The predicted octanol–water partition coefficient (Wildman–Crippen LogP) is 3.60. The number of nitrogens with zero attached hydrogens (tertiary/aromatic N) is 2. The van der Waals surface area contributed by atoms with Crippen LogP contribution < -0.4 is 10.6 Å². The van der Waals surface area contributed by atoms with E-state index in [0.29, 0.717) is 16.8 Å². The van der Waals surface area contributed by atoms with Gasteiger partial charge in [0.15, 0.2) is 11.3 Å². The zero-order valence-electron chi connectivity index (χ0n) is 11.3. The SMILES string of the molecule is CC(C)CCCC=NOc1ccc2oc(N)nc2c1. The summed E-state index contributed by atoms with van der Waals surface area (Å²) in [6.45, 7) is 4.43. The summed E-state index contributed by atoms with van der Waals surface area (Å²) in [6.07, 6.45) is 5.06. The molecule has 2 rings (SSSR count). The van der Waals surface area contributed by atoms with Crippen molar-refractivity contribution < 1.29 is 9.25 Å². The summed E-state index contributed by atoms with van der Waals surface area (Å²) in [6, 6.07) is 5.45. The van der Waals surface area contributed by atoms with Crippen molar-refractivity contribution in [2.24, 2.45) is 11.1 Å². The molecular weight excluding hydrogens is 242 g/mol. The molecule has 0 unspecified atom stereocenters. The molecule has 19 heavy (non-hydrogen) atoms. The minimum atomic E-state index is 0.157. The summed E-state index contributed by atoms with van der Waals surface area (Å²) in [4.78, 5) is 9.31. The van der Waals surface area contributed by atoms with E-state index in [0.717, 1.165) is 18.8 Å². The Balaban J connectivity index is 1.85. The van der Waals surface area contributed by atoms with Crippen LogP contribution >= 0.6 is 0 Å². The number of unbranched alkanes of at least 4 members (excludes halogenated alkanes) is 1. The Bertz CT molecular complexity index is 561. The van der Waals surface area contributed by atoms with Crippen molar-refractivity contribution in [1.29, 1.82) is 0 Å². The van der Waals surface area contributed by atoms with Gasteiger partial charge in [0.2, 0.25) is 0 Å². The summed E-state index contributed by atoms with van der Waals surface area (Å²) in [7, 11) is 0. The Morgan fingerprint density at radius 2 is 2.32 bits per heavy atom. The number of oxime groups is 1. The van der Waals surface area contributed by atoms with Crippen LogP contribution in [-0.4, -0.2) is 11.2 Å². The van der Waals surface area contributed by atoms with Crippen molar-refractivity contribution in [3.8, 4) is 5.75 Å². The predicted molar refractivity (Wildman–Crippen MR) is 76.2 cm³/mol. The van der Waals surface area contributed by atoms with Crippen molar-refractivity contribution >= 4 is 23.3 Å². The molecule has 0 aliphatic heterocycles. The maximum absolute atomic E-state index is 5.47. The Morgan fingerprint density at radius 3 is 3.11 bits per heavy atom. The number of hydrogen-bond acceptors (Lipinski definition) is 5. The van der Waals surface area contributed by atoms with Gasteiger partial charge in [0.25, 0.3) is 6.01 Å². The van der Waals surface area contributed by atoms with Crippen LogP contribution in [0.15, 0.2) is 27.8 Å². The quantitative estimate of drug-likeness (QED) is 0.490. The fourth-order valence-corrected chi connectivity index (χ4v) is 1.75. The molecule has 5 heteroatoms. The minimum absolute atomic E-state index is 0.157. The molecule has 0 saturated carbocycles. The lowest BCUT2D eigenvalue weighted by Crippen LogP contribution is -1.89. The van der Waals surface area contributed by atoms with Crippen LogP contribution in [-0.2, 0) is 0 Å². The van der Waals surface area contributed by atoms with Crippen molar-refractivity contribution in [2.45, 2.75) is 33.1 Å². The number of oxazole rings is 1. The second-order valence-corrected chi connectivity index (χ2v) is 4.89. The first-order chi connectivity index (χ1) is 9.15. The number of rotatable bonds is 6. The number of anilines is 1. The summed E-state index contributed by atoms with van der Waals surface area (Å²) >= 11 is 0. The molecule has 0 saturated heterocycles. The van der Waals surface area contributed by atoms with Gasteiger partial charge >= 0.3 is 0 Å². The van der Waals surface area contributed by atoms with Crippen LogP contribution in [0.5, 0.6) is 5.75 Å². The summed E-state index contributed by atoms with van der Waals surface area (Å²) in [5.74, 6) is 1.36. The van der Waals surface area contributed by atoms with Gasteiger partial charge in [-0.3, -0.25) is 0 Å². The molecule has 0 fully saturated rings. The first-order valence-electron chi connectivity index (χ1n) is 6.50. The van der Waals surface area contributed by atoms with Crippen LogP contribution in [0.4, 0.5) is 6.01 Å². The molecule has 2 N–H and O–H groups in total. The highest BCUT2D eigenvalue weighted by atomic mass is 16.6. The van der Waals surface area contributed by atoms with Gasteiger partial charge in [0.05, 0.1) is 0 Å². The normalized spacial score (nSPS) is 11.7. The Morgan fingerprint density at radius 1 is 1.47 bits per heavy atom. The van der Waals surface area contributed by atoms with E-state index in [1.165, 1.54) is 6.42 Å².